The van der Waals surface area contributed by atoms with Gasteiger partial charge >= 0.3 is 0 Å². The average molecular weight is 343 g/mol. The Morgan fingerprint density at radius 1 is 1.24 bits per heavy atom. The first-order chi connectivity index (χ1) is 12.2. The number of nitrogens with zero attached hydrogens (tertiary/aromatic N) is 5. The monoisotopic (exact) mass is 343 g/mol. The molecule has 0 spiro atoms. The third-order valence-electron chi connectivity index (χ3n) is 5.63. The van der Waals surface area contributed by atoms with Gasteiger partial charge in [-0.1, -0.05) is 6.92 Å². The van der Waals surface area contributed by atoms with E-state index in [0.29, 0.717) is 12.1 Å². The third kappa shape index (κ3) is 3.39. The molecule has 7 nitrogen and oxygen atoms in total. The first-order valence-corrected chi connectivity index (χ1v) is 9.23. The Bertz CT molecular complexity index is 762. The van der Waals surface area contributed by atoms with Gasteiger partial charge in [-0.3, -0.25) is 19.7 Å². The molecule has 0 atom stereocenters. The first kappa shape index (κ1) is 16.5. The summed E-state index contributed by atoms with van der Waals surface area (Å²) >= 11 is 0. The largest absolute Gasteiger partial charge is 0.303 e. The second-order valence-corrected chi connectivity index (χ2v) is 7.20. The molecule has 0 N–H and O–H groups in total. The molecule has 4 rings (SSSR count). The number of nitro benzene ring substituents is 1. The Kier molecular flexibility index (Phi) is 4.43. The van der Waals surface area contributed by atoms with Gasteiger partial charge in [0.25, 0.3) is 5.69 Å². The van der Waals surface area contributed by atoms with Crippen molar-refractivity contribution < 1.29 is 4.92 Å². The number of non-ortho nitro benzene ring substituents is 1. The van der Waals surface area contributed by atoms with Crippen molar-refractivity contribution in [1.82, 2.24) is 19.6 Å². The van der Waals surface area contributed by atoms with Gasteiger partial charge in [-0.2, -0.15) is 5.10 Å². The van der Waals surface area contributed by atoms with Gasteiger partial charge in [-0.25, -0.2) is 0 Å². The molecule has 25 heavy (non-hydrogen) atoms. The summed E-state index contributed by atoms with van der Waals surface area (Å²) in [5.41, 5.74) is 0.981. The van der Waals surface area contributed by atoms with Crippen LogP contribution in [0.3, 0.4) is 0 Å². The van der Waals surface area contributed by atoms with Crippen molar-refractivity contribution in [2.24, 2.45) is 0 Å². The summed E-state index contributed by atoms with van der Waals surface area (Å²) < 4.78 is 1.94. The molecule has 1 aliphatic carbocycles. The number of fused-ring (bicyclic) bond motifs is 1. The molecule has 1 saturated heterocycles. The van der Waals surface area contributed by atoms with E-state index in [4.69, 9.17) is 0 Å². The molecule has 0 amide bonds. The predicted octanol–water partition coefficient (Wildman–Crippen LogP) is 2.85. The zero-order valence-electron chi connectivity index (χ0n) is 14.7. The Morgan fingerprint density at radius 3 is 2.60 bits per heavy atom. The molecular weight excluding hydrogens is 318 g/mol. The number of piperidine rings is 1. The second kappa shape index (κ2) is 6.72. The van der Waals surface area contributed by atoms with Crippen molar-refractivity contribution in [3.8, 4) is 0 Å². The van der Waals surface area contributed by atoms with E-state index in [1.807, 2.05) is 10.9 Å². The molecule has 1 aliphatic heterocycles. The SMILES string of the molecule is CCN1CCC(N(Cn2ncc3ccc([N+](=O)[O-])cc32)C2CC2)CC1. The van der Waals surface area contributed by atoms with Crippen molar-refractivity contribution in [3.05, 3.63) is 34.5 Å². The summed E-state index contributed by atoms with van der Waals surface area (Å²) in [6, 6.07) is 6.23. The van der Waals surface area contributed by atoms with Crippen LogP contribution in [0.4, 0.5) is 5.69 Å². The van der Waals surface area contributed by atoms with Gasteiger partial charge in [0, 0.05) is 29.6 Å². The lowest BCUT2D eigenvalue weighted by molar-refractivity contribution is -0.384. The second-order valence-electron chi connectivity index (χ2n) is 7.20. The molecule has 1 aromatic heterocycles. The molecule has 2 aliphatic rings. The summed E-state index contributed by atoms with van der Waals surface area (Å²) in [5, 5.41) is 16.6. The number of aromatic nitrogens is 2. The van der Waals surface area contributed by atoms with Crippen LogP contribution in [0.5, 0.6) is 0 Å². The minimum absolute atomic E-state index is 0.128. The Morgan fingerprint density at radius 2 is 1.96 bits per heavy atom. The van der Waals surface area contributed by atoms with Crippen molar-refractivity contribution in [1.29, 1.82) is 0 Å². The van der Waals surface area contributed by atoms with Crippen LogP contribution >= 0.6 is 0 Å². The summed E-state index contributed by atoms with van der Waals surface area (Å²) in [7, 11) is 0. The number of benzene rings is 1. The van der Waals surface area contributed by atoms with Gasteiger partial charge in [0.1, 0.15) is 0 Å². The highest BCUT2D eigenvalue weighted by atomic mass is 16.6. The van der Waals surface area contributed by atoms with Gasteiger partial charge in [0.2, 0.25) is 0 Å². The molecule has 134 valence electrons. The van der Waals surface area contributed by atoms with Crippen LogP contribution in [-0.4, -0.2) is 56.2 Å². The maximum atomic E-state index is 11.1. The summed E-state index contributed by atoms with van der Waals surface area (Å²) in [6.45, 7) is 6.41. The number of rotatable bonds is 6. The molecule has 2 fully saturated rings. The van der Waals surface area contributed by atoms with Gasteiger partial charge in [0.05, 0.1) is 23.3 Å². The van der Waals surface area contributed by atoms with Gasteiger partial charge in [-0.15, -0.1) is 0 Å². The minimum Gasteiger partial charge on any atom is -0.303 e. The minimum atomic E-state index is -0.337. The molecule has 0 bridgehead atoms. The van der Waals surface area contributed by atoms with Crippen LogP contribution in [0.1, 0.15) is 32.6 Å². The molecule has 2 heterocycles. The maximum absolute atomic E-state index is 11.1. The Balaban J connectivity index is 1.55. The fourth-order valence-corrected chi connectivity index (χ4v) is 3.94. The van der Waals surface area contributed by atoms with E-state index in [0.717, 1.165) is 37.2 Å². The molecule has 0 unspecified atom stereocenters. The van der Waals surface area contributed by atoms with Crippen LogP contribution in [0.25, 0.3) is 10.9 Å². The van der Waals surface area contributed by atoms with Crippen LogP contribution in [-0.2, 0) is 6.67 Å². The number of likely N-dealkylation sites (tertiary alicyclic amines) is 1. The van der Waals surface area contributed by atoms with Gasteiger partial charge in [0.15, 0.2) is 0 Å². The molecule has 0 radical (unpaired) electrons. The van der Waals surface area contributed by atoms with Crippen LogP contribution in [0.2, 0.25) is 0 Å². The highest BCUT2D eigenvalue weighted by Gasteiger charge is 2.35. The van der Waals surface area contributed by atoms with Crippen molar-refractivity contribution in [2.75, 3.05) is 19.6 Å². The molecular formula is C18H25N5O2. The van der Waals surface area contributed by atoms with Gasteiger partial charge in [-0.05, 0) is 51.4 Å². The van der Waals surface area contributed by atoms with E-state index < -0.39 is 0 Å². The van der Waals surface area contributed by atoms with Crippen molar-refractivity contribution in [2.45, 2.75) is 51.4 Å². The summed E-state index contributed by atoms with van der Waals surface area (Å²) in [5.74, 6) is 0. The lowest BCUT2D eigenvalue weighted by Gasteiger charge is -2.38. The Labute approximate surface area is 147 Å². The molecule has 2 aromatic rings. The number of nitro groups is 1. The number of hydrogen-bond acceptors (Lipinski definition) is 5. The van der Waals surface area contributed by atoms with E-state index in [1.54, 1.807) is 18.2 Å². The van der Waals surface area contributed by atoms with Crippen LogP contribution in [0.15, 0.2) is 24.4 Å². The fourth-order valence-electron chi connectivity index (χ4n) is 3.94. The zero-order valence-corrected chi connectivity index (χ0v) is 14.7. The topological polar surface area (TPSA) is 67.4 Å². The summed E-state index contributed by atoms with van der Waals surface area (Å²) in [6.07, 6.45) is 6.72. The maximum Gasteiger partial charge on any atom is 0.271 e. The summed E-state index contributed by atoms with van der Waals surface area (Å²) in [4.78, 5) is 15.8. The van der Waals surface area contributed by atoms with Crippen molar-refractivity contribution >= 4 is 16.6 Å². The highest BCUT2D eigenvalue weighted by Crippen LogP contribution is 2.33. The fraction of sp³-hybridized carbons (Fsp3) is 0.611. The smallest absolute Gasteiger partial charge is 0.271 e. The zero-order chi connectivity index (χ0) is 17.4. The lowest BCUT2D eigenvalue weighted by Crippen LogP contribution is -2.46. The van der Waals surface area contributed by atoms with E-state index in [2.05, 4.69) is 21.8 Å². The standard InChI is InChI=1S/C18H25N5O2/c1-2-20-9-7-16(8-10-20)21(15-5-6-15)13-22-18-11-17(23(24)25)4-3-14(18)12-19-22/h3-4,11-12,15-16H,2,5-10,13H2,1H3. The first-order valence-electron chi connectivity index (χ1n) is 9.23. The Hall–Kier alpha value is -1.99. The van der Waals surface area contributed by atoms with Crippen LogP contribution < -0.4 is 0 Å². The highest BCUT2D eigenvalue weighted by molar-refractivity contribution is 5.80. The van der Waals surface area contributed by atoms with Gasteiger partial charge < -0.3 is 4.90 Å². The van der Waals surface area contributed by atoms with E-state index in [9.17, 15) is 10.1 Å². The van der Waals surface area contributed by atoms with Crippen molar-refractivity contribution in [3.63, 3.8) is 0 Å². The van der Waals surface area contributed by atoms with E-state index >= 15 is 0 Å². The quantitative estimate of drug-likeness (QED) is 0.596. The van der Waals surface area contributed by atoms with E-state index in [-0.39, 0.29) is 10.6 Å². The molecule has 1 saturated carbocycles. The van der Waals surface area contributed by atoms with E-state index in [1.165, 1.54) is 25.7 Å². The molecule has 1 aromatic carbocycles. The third-order valence-corrected chi connectivity index (χ3v) is 5.63. The lowest BCUT2D eigenvalue weighted by atomic mass is 10.0. The predicted molar refractivity (Wildman–Crippen MR) is 96.4 cm³/mol. The normalized spacial score (nSPS) is 19.8. The number of hydrogen-bond donors (Lipinski definition) is 0. The molecule has 7 heteroatoms. The average Bonchev–Trinajstić information content (AvgIpc) is 3.40. The van der Waals surface area contributed by atoms with Crippen LogP contribution in [0, 0.1) is 10.1 Å².